The van der Waals surface area contributed by atoms with Gasteiger partial charge in [-0.05, 0) is 6.92 Å². The molecule has 0 radical (unpaired) electrons. The van der Waals surface area contributed by atoms with Gasteiger partial charge in [0, 0.05) is 6.61 Å². The zero-order valence-corrected chi connectivity index (χ0v) is 17.6. The fraction of sp³-hybridized carbons (Fsp3) is 0.944. The second-order valence-electron chi connectivity index (χ2n) is 5.49. The summed E-state index contributed by atoms with van der Waals surface area (Å²) in [4.78, 5) is 10.8. The molecule has 174 valence electrons. The standard InChI is InChI=1S/C18H38N2O9/c1-2-22-3-4-23-5-6-24-7-8-25-9-10-26-11-12-27-13-14-28-15-16-29-17-18(21)20-19/h2-17,19H2,1H3,(H,20,21). The van der Waals surface area contributed by atoms with E-state index in [1.54, 1.807) is 0 Å². The normalized spacial score (nSPS) is 11.1. The van der Waals surface area contributed by atoms with E-state index in [9.17, 15) is 4.79 Å². The minimum Gasteiger partial charge on any atom is -0.379 e. The molecule has 11 heteroatoms. The van der Waals surface area contributed by atoms with Crippen LogP contribution in [-0.4, -0.2) is 112 Å². The molecular weight excluding hydrogens is 388 g/mol. The van der Waals surface area contributed by atoms with Gasteiger partial charge in [-0.1, -0.05) is 0 Å². The molecule has 0 aliphatic heterocycles. The molecule has 0 rings (SSSR count). The summed E-state index contributed by atoms with van der Waals surface area (Å²) in [5.74, 6) is 4.54. The first-order valence-corrected chi connectivity index (χ1v) is 9.92. The Labute approximate surface area is 173 Å². The van der Waals surface area contributed by atoms with Gasteiger partial charge in [0.15, 0.2) is 0 Å². The second kappa shape index (κ2) is 25.1. The van der Waals surface area contributed by atoms with Crippen LogP contribution < -0.4 is 11.3 Å². The number of amides is 1. The smallest absolute Gasteiger partial charge is 0.259 e. The van der Waals surface area contributed by atoms with E-state index in [2.05, 4.69) is 0 Å². The molecule has 0 aromatic carbocycles. The van der Waals surface area contributed by atoms with Crippen LogP contribution in [0.5, 0.6) is 0 Å². The fourth-order valence-electron chi connectivity index (χ4n) is 1.79. The van der Waals surface area contributed by atoms with Crippen molar-refractivity contribution < 1.29 is 42.7 Å². The van der Waals surface area contributed by atoms with Crippen molar-refractivity contribution in [3.8, 4) is 0 Å². The number of nitrogens with two attached hydrogens (primary N) is 1. The minimum absolute atomic E-state index is 0.0746. The van der Waals surface area contributed by atoms with Crippen LogP contribution in [-0.2, 0) is 42.7 Å². The van der Waals surface area contributed by atoms with Gasteiger partial charge in [-0.25, -0.2) is 5.84 Å². The van der Waals surface area contributed by atoms with Crippen molar-refractivity contribution in [1.29, 1.82) is 0 Å². The zero-order valence-electron chi connectivity index (χ0n) is 17.6. The Balaban J connectivity index is 3.01. The van der Waals surface area contributed by atoms with Gasteiger partial charge in [-0.15, -0.1) is 0 Å². The van der Waals surface area contributed by atoms with Gasteiger partial charge in [-0.2, -0.15) is 0 Å². The number of hydrazine groups is 1. The summed E-state index contributed by atoms with van der Waals surface area (Å²) in [6.45, 7) is 9.59. The number of hydrogen-bond donors (Lipinski definition) is 2. The highest BCUT2D eigenvalue weighted by Crippen LogP contribution is 1.85. The average molecular weight is 427 g/mol. The van der Waals surface area contributed by atoms with E-state index in [1.165, 1.54) is 0 Å². The third-order valence-electron chi connectivity index (χ3n) is 3.20. The number of ether oxygens (including phenoxy) is 8. The SMILES string of the molecule is CCOCCOCCOCCOCCOCCOCCOCCOCC(=O)NN. The van der Waals surface area contributed by atoms with Crippen molar-refractivity contribution in [3.63, 3.8) is 0 Å². The van der Waals surface area contributed by atoms with Crippen LogP contribution in [0.3, 0.4) is 0 Å². The quantitative estimate of drug-likeness (QED) is 0.0869. The van der Waals surface area contributed by atoms with Crippen LogP contribution >= 0.6 is 0 Å². The van der Waals surface area contributed by atoms with Gasteiger partial charge in [-0.3, -0.25) is 10.2 Å². The highest BCUT2D eigenvalue weighted by molar-refractivity contribution is 5.76. The zero-order chi connectivity index (χ0) is 21.3. The van der Waals surface area contributed by atoms with E-state index >= 15 is 0 Å². The molecule has 0 fully saturated rings. The minimum atomic E-state index is -0.373. The van der Waals surface area contributed by atoms with Crippen molar-refractivity contribution in [2.24, 2.45) is 5.84 Å². The van der Waals surface area contributed by atoms with Gasteiger partial charge in [0.2, 0.25) is 0 Å². The van der Waals surface area contributed by atoms with E-state index in [-0.39, 0.29) is 12.5 Å². The largest absolute Gasteiger partial charge is 0.379 e. The molecule has 0 aromatic heterocycles. The van der Waals surface area contributed by atoms with E-state index < -0.39 is 0 Å². The number of hydrogen-bond acceptors (Lipinski definition) is 10. The number of carbonyl (C=O) groups excluding carboxylic acids is 1. The molecule has 0 aliphatic rings. The Morgan fingerprint density at radius 2 is 0.828 bits per heavy atom. The summed E-state index contributed by atoms with van der Waals surface area (Å²) in [5, 5.41) is 0. The first kappa shape index (κ1) is 28.1. The van der Waals surface area contributed by atoms with E-state index in [1.807, 2.05) is 12.3 Å². The lowest BCUT2D eigenvalue weighted by Gasteiger charge is -2.08. The van der Waals surface area contributed by atoms with Crippen LogP contribution in [0.2, 0.25) is 0 Å². The molecule has 0 saturated carbocycles. The molecule has 0 unspecified atom stereocenters. The highest BCUT2D eigenvalue weighted by atomic mass is 16.6. The molecule has 0 atom stereocenters. The molecule has 0 aliphatic carbocycles. The van der Waals surface area contributed by atoms with Gasteiger partial charge in [0.25, 0.3) is 5.91 Å². The van der Waals surface area contributed by atoms with Gasteiger partial charge < -0.3 is 37.9 Å². The maximum absolute atomic E-state index is 10.8. The Morgan fingerprint density at radius 3 is 1.10 bits per heavy atom. The predicted molar refractivity (Wildman–Crippen MR) is 105 cm³/mol. The summed E-state index contributed by atoms with van der Waals surface area (Å²) in [7, 11) is 0. The van der Waals surface area contributed by atoms with E-state index in [4.69, 9.17) is 43.7 Å². The molecular formula is C18H38N2O9. The molecule has 0 bridgehead atoms. The van der Waals surface area contributed by atoms with Crippen LogP contribution in [0, 0.1) is 0 Å². The van der Waals surface area contributed by atoms with Gasteiger partial charge in [0.1, 0.15) is 6.61 Å². The van der Waals surface area contributed by atoms with Gasteiger partial charge >= 0.3 is 0 Å². The molecule has 0 aromatic rings. The van der Waals surface area contributed by atoms with Crippen molar-refractivity contribution >= 4 is 5.91 Å². The molecule has 0 spiro atoms. The van der Waals surface area contributed by atoms with Crippen molar-refractivity contribution in [2.45, 2.75) is 6.92 Å². The topological polar surface area (TPSA) is 129 Å². The second-order valence-corrected chi connectivity index (χ2v) is 5.49. The maximum atomic E-state index is 10.8. The van der Waals surface area contributed by atoms with Gasteiger partial charge in [0.05, 0.1) is 92.5 Å². The summed E-state index contributed by atoms with van der Waals surface area (Å²) in [6.07, 6.45) is 0. The molecule has 29 heavy (non-hydrogen) atoms. The first-order valence-electron chi connectivity index (χ1n) is 9.92. The van der Waals surface area contributed by atoms with Crippen LogP contribution in [0.15, 0.2) is 0 Å². The van der Waals surface area contributed by atoms with Crippen molar-refractivity contribution in [2.75, 3.05) is 106 Å². The Bertz CT molecular complexity index is 338. The lowest BCUT2D eigenvalue weighted by atomic mass is 10.6. The van der Waals surface area contributed by atoms with Crippen LogP contribution in [0.1, 0.15) is 6.92 Å². The molecule has 3 N–H and O–H groups in total. The number of rotatable bonds is 24. The number of carbonyl (C=O) groups is 1. The molecule has 0 saturated heterocycles. The first-order chi connectivity index (χ1) is 14.3. The van der Waals surface area contributed by atoms with E-state index in [0.717, 1.165) is 0 Å². The fourth-order valence-corrected chi connectivity index (χ4v) is 1.79. The predicted octanol–water partition coefficient (Wildman–Crippen LogP) is -0.871. The lowest BCUT2D eigenvalue weighted by molar-refractivity contribution is -0.126. The van der Waals surface area contributed by atoms with Crippen molar-refractivity contribution in [1.82, 2.24) is 5.43 Å². The average Bonchev–Trinajstić information content (AvgIpc) is 2.74. The van der Waals surface area contributed by atoms with E-state index in [0.29, 0.717) is 99.1 Å². The Morgan fingerprint density at radius 1 is 0.552 bits per heavy atom. The number of nitrogens with one attached hydrogen (secondary N) is 1. The van der Waals surface area contributed by atoms with Crippen LogP contribution in [0.4, 0.5) is 0 Å². The molecule has 1 amide bonds. The lowest BCUT2D eigenvalue weighted by Crippen LogP contribution is -2.33. The Hall–Kier alpha value is -0.890. The third kappa shape index (κ3) is 25.1. The Kier molecular flexibility index (Phi) is 24.4. The summed E-state index contributed by atoms with van der Waals surface area (Å²) in [6, 6.07) is 0. The summed E-state index contributed by atoms with van der Waals surface area (Å²) < 4.78 is 42.3. The monoisotopic (exact) mass is 426 g/mol. The molecule has 0 heterocycles. The molecule has 11 nitrogen and oxygen atoms in total. The van der Waals surface area contributed by atoms with Crippen LogP contribution in [0.25, 0.3) is 0 Å². The maximum Gasteiger partial charge on any atom is 0.259 e. The highest BCUT2D eigenvalue weighted by Gasteiger charge is 1.97. The third-order valence-corrected chi connectivity index (χ3v) is 3.20. The summed E-state index contributed by atoms with van der Waals surface area (Å²) in [5.41, 5.74) is 1.97. The van der Waals surface area contributed by atoms with Crippen molar-refractivity contribution in [3.05, 3.63) is 0 Å². The summed E-state index contributed by atoms with van der Waals surface area (Å²) >= 11 is 0.